The summed E-state index contributed by atoms with van der Waals surface area (Å²) in [6.07, 6.45) is 3.49. The van der Waals surface area contributed by atoms with Crippen LogP contribution in [0.25, 0.3) is 0 Å². The van der Waals surface area contributed by atoms with Crippen LogP contribution in [0.5, 0.6) is 0 Å². The molecule has 0 saturated heterocycles. The highest BCUT2D eigenvalue weighted by Gasteiger charge is 2.36. The highest BCUT2D eigenvalue weighted by Crippen LogP contribution is 2.41. The smallest absolute Gasteiger partial charge is 0.165 e. The summed E-state index contributed by atoms with van der Waals surface area (Å²) in [5.41, 5.74) is 2.44. The van der Waals surface area contributed by atoms with Gasteiger partial charge in [0, 0.05) is 16.5 Å². The summed E-state index contributed by atoms with van der Waals surface area (Å²) >= 11 is 5.97. The molecular weight excluding hydrogens is 344 g/mol. The number of carbonyl (C=O) groups excluding carboxylic acids is 1. The molecule has 1 atom stereocenters. The Labute approximate surface area is 166 Å². The van der Waals surface area contributed by atoms with Gasteiger partial charge in [-0.2, -0.15) is 0 Å². The topological polar surface area (TPSA) is 37.3 Å². The van der Waals surface area contributed by atoms with Crippen LogP contribution in [-0.2, 0) is 6.42 Å². The number of halogens is 1. The number of benzene rings is 1. The van der Waals surface area contributed by atoms with E-state index in [2.05, 4.69) is 6.92 Å². The van der Waals surface area contributed by atoms with Gasteiger partial charge in [0.25, 0.3) is 0 Å². The van der Waals surface area contributed by atoms with Gasteiger partial charge in [-0.3, -0.25) is 4.79 Å². The monoisotopic (exact) mass is 382 g/mol. The number of ketones is 1. The second-order valence-corrected chi connectivity index (χ2v) is 8.35. The van der Waals surface area contributed by atoms with Crippen LogP contribution in [0.2, 0.25) is 5.02 Å². The van der Waals surface area contributed by atoms with Crippen molar-refractivity contribution in [2.45, 2.75) is 87.2 Å². The molecule has 26 heavy (non-hydrogen) atoms. The summed E-state index contributed by atoms with van der Waals surface area (Å²) in [5.74, 6) is 1.54. The van der Waals surface area contributed by atoms with Crippen molar-refractivity contribution >= 4 is 17.4 Å². The van der Waals surface area contributed by atoms with E-state index in [0.29, 0.717) is 10.9 Å². The van der Waals surface area contributed by atoms with E-state index in [4.69, 9.17) is 11.6 Å². The van der Waals surface area contributed by atoms with E-state index < -0.39 is 5.60 Å². The number of aryl methyl sites for hydroxylation is 2. The summed E-state index contributed by atoms with van der Waals surface area (Å²) in [7, 11) is 0. The number of rotatable bonds is 5. The van der Waals surface area contributed by atoms with Crippen molar-refractivity contribution in [3.05, 3.63) is 33.8 Å². The van der Waals surface area contributed by atoms with Gasteiger partial charge in [-0.15, -0.1) is 0 Å². The van der Waals surface area contributed by atoms with Crippen molar-refractivity contribution in [1.82, 2.24) is 0 Å². The van der Waals surface area contributed by atoms with Gasteiger partial charge in [0.05, 0.1) is 5.60 Å². The number of aliphatic hydroxyl groups is 1. The Kier molecular flexibility index (Phi) is 10.7. The van der Waals surface area contributed by atoms with E-state index in [-0.39, 0.29) is 11.7 Å². The molecule has 1 aromatic carbocycles. The predicted octanol–water partition coefficient (Wildman–Crippen LogP) is 6.88. The molecule has 2 nitrogen and oxygen atoms in total. The van der Waals surface area contributed by atoms with Crippen molar-refractivity contribution in [3.8, 4) is 0 Å². The summed E-state index contributed by atoms with van der Waals surface area (Å²) < 4.78 is 0. The third-order valence-electron chi connectivity index (χ3n) is 4.98. The highest BCUT2D eigenvalue weighted by atomic mass is 35.5. The maximum absolute atomic E-state index is 12.0. The first-order valence-corrected chi connectivity index (χ1v) is 10.4. The second kappa shape index (κ2) is 11.1. The predicted molar refractivity (Wildman–Crippen MR) is 114 cm³/mol. The van der Waals surface area contributed by atoms with Gasteiger partial charge in [-0.25, -0.2) is 0 Å². The zero-order valence-corrected chi connectivity index (χ0v) is 19.0. The lowest BCUT2D eigenvalue weighted by Crippen LogP contribution is -2.29. The average molecular weight is 383 g/mol. The average Bonchev–Trinajstić information content (AvgIpc) is 3.39. The lowest BCUT2D eigenvalue weighted by atomic mass is 9.89. The van der Waals surface area contributed by atoms with Crippen LogP contribution in [-0.4, -0.2) is 16.5 Å². The molecule has 1 N–H and O–H groups in total. The van der Waals surface area contributed by atoms with Crippen LogP contribution in [0.1, 0.15) is 89.7 Å². The first kappa shape index (κ1) is 25.1. The van der Waals surface area contributed by atoms with Crippen molar-refractivity contribution in [2.24, 2.45) is 17.8 Å². The van der Waals surface area contributed by atoms with Crippen LogP contribution in [0.4, 0.5) is 0 Å². The van der Waals surface area contributed by atoms with Gasteiger partial charge in [-0.1, -0.05) is 53.1 Å². The van der Waals surface area contributed by atoms with Crippen molar-refractivity contribution < 1.29 is 9.90 Å². The highest BCUT2D eigenvalue weighted by molar-refractivity contribution is 6.30. The standard InChI is InChI=1S/C13H17ClO.C8H16O.C2H6/c1-5-10-7-11(14)6-9(4)12(10)13(15)8(2)3;1-6(7-4-5-7)8(2,3)9;1-2/h6-8H,5H2,1-4H3;6-7,9H,4-5H2,1-3H3;1-2H3. The molecule has 0 radical (unpaired) electrons. The lowest BCUT2D eigenvalue weighted by molar-refractivity contribution is 0.0155. The molecule has 0 bridgehead atoms. The van der Waals surface area contributed by atoms with E-state index in [1.165, 1.54) is 12.8 Å². The largest absolute Gasteiger partial charge is 0.390 e. The van der Waals surface area contributed by atoms with Gasteiger partial charge in [-0.05, 0) is 75.1 Å². The molecule has 0 amide bonds. The summed E-state index contributed by atoms with van der Waals surface area (Å²) in [6, 6.07) is 3.75. The Morgan fingerprint density at radius 2 is 1.73 bits per heavy atom. The maximum atomic E-state index is 12.0. The van der Waals surface area contributed by atoms with Crippen molar-refractivity contribution in [3.63, 3.8) is 0 Å². The second-order valence-electron chi connectivity index (χ2n) is 7.91. The van der Waals surface area contributed by atoms with Crippen LogP contribution < -0.4 is 0 Å². The van der Waals surface area contributed by atoms with E-state index in [1.54, 1.807) is 0 Å². The summed E-state index contributed by atoms with van der Waals surface area (Å²) in [6.45, 7) is 17.8. The van der Waals surface area contributed by atoms with Crippen LogP contribution in [0, 0.1) is 24.7 Å². The Hall–Kier alpha value is -0.860. The Bertz CT molecular complexity index is 566. The fourth-order valence-electron chi connectivity index (χ4n) is 2.91. The minimum Gasteiger partial charge on any atom is -0.390 e. The van der Waals surface area contributed by atoms with E-state index in [9.17, 15) is 9.90 Å². The fourth-order valence-corrected chi connectivity index (χ4v) is 3.20. The maximum Gasteiger partial charge on any atom is 0.165 e. The number of hydrogen-bond acceptors (Lipinski definition) is 2. The molecule has 0 spiro atoms. The first-order valence-electron chi connectivity index (χ1n) is 10.0. The summed E-state index contributed by atoms with van der Waals surface area (Å²) in [4.78, 5) is 12.0. The SMILES string of the molecule is CC.CC(C1CC1)C(C)(C)O.CCc1cc(Cl)cc(C)c1C(=O)C(C)C. The van der Waals surface area contributed by atoms with Crippen LogP contribution >= 0.6 is 11.6 Å². The molecule has 0 aliphatic heterocycles. The molecule has 1 saturated carbocycles. The quantitative estimate of drug-likeness (QED) is 0.563. The molecule has 1 aliphatic rings. The fraction of sp³-hybridized carbons (Fsp3) is 0.696. The molecular formula is C23H39ClO2. The Balaban J connectivity index is 0.000000484. The molecule has 1 unspecified atom stereocenters. The lowest BCUT2D eigenvalue weighted by Gasteiger charge is -2.25. The van der Waals surface area contributed by atoms with Crippen molar-refractivity contribution in [1.29, 1.82) is 0 Å². The minimum atomic E-state index is -0.457. The Morgan fingerprint density at radius 1 is 1.23 bits per heavy atom. The molecule has 3 heteroatoms. The van der Waals surface area contributed by atoms with E-state index >= 15 is 0 Å². The van der Waals surface area contributed by atoms with Crippen LogP contribution in [0.3, 0.4) is 0 Å². The molecule has 2 rings (SSSR count). The van der Waals surface area contributed by atoms with Gasteiger partial charge in [0.2, 0.25) is 0 Å². The third kappa shape index (κ3) is 7.80. The molecule has 1 aliphatic carbocycles. The zero-order chi connectivity index (χ0) is 20.7. The minimum absolute atomic E-state index is 0.0372. The van der Waals surface area contributed by atoms with Gasteiger partial charge in [0.1, 0.15) is 0 Å². The van der Waals surface area contributed by atoms with Crippen LogP contribution in [0.15, 0.2) is 12.1 Å². The third-order valence-corrected chi connectivity index (χ3v) is 5.20. The van der Waals surface area contributed by atoms with Crippen molar-refractivity contribution in [2.75, 3.05) is 0 Å². The Morgan fingerprint density at radius 3 is 2.04 bits per heavy atom. The first-order chi connectivity index (χ1) is 12.0. The zero-order valence-electron chi connectivity index (χ0n) is 18.2. The van der Waals surface area contributed by atoms with Gasteiger partial charge in [0.15, 0.2) is 5.78 Å². The van der Waals surface area contributed by atoms with Gasteiger partial charge >= 0.3 is 0 Å². The summed E-state index contributed by atoms with van der Waals surface area (Å²) in [5, 5.41) is 10.2. The molecule has 150 valence electrons. The molecule has 0 heterocycles. The number of carbonyl (C=O) groups is 1. The normalized spacial score (nSPS) is 14.8. The van der Waals surface area contributed by atoms with E-state index in [0.717, 1.165) is 29.0 Å². The molecule has 1 fully saturated rings. The van der Waals surface area contributed by atoms with E-state index in [1.807, 2.05) is 67.5 Å². The number of Topliss-reactive ketones (excluding diaryl/α,β-unsaturated/α-hetero) is 1. The number of hydrogen-bond donors (Lipinski definition) is 1. The van der Waals surface area contributed by atoms with Gasteiger partial charge < -0.3 is 5.11 Å². The molecule has 0 aromatic heterocycles. The molecule has 1 aromatic rings.